The van der Waals surface area contributed by atoms with E-state index >= 15 is 0 Å². The van der Waals surface area contributed by atoms with Crippen LogP contribution >= 0.6 is 15.9 Å². The second-order valence-electron chi connectivity index (χ2n) is 6.62. The molecule has 2 N–H and O–H groups in total. The molecule has 146 valence electrons. The Morgan fingerprint density at radius 1 is 1.25 bits per heavy atom. The Morgan fingerprint density at radius 2 is 1.96 bits per heavy atom. The normalized spacial score (nSPS) is 16.3. The van der Waals surface area contributed by atoms with Gasteiger partial charge in [0, 0.05) is 61.2 Å². The van der Waals surface area contributed by atoms with Crippen LogP contribution in [-0.2, 0) is 4.79 Å². The molecule has 1 aliphatic heterocycles. The van der Waals surface area contributed by atoms with Crippen LogP contribution in [0.3, 0.4) is 0 Å². The summed E-state index contributed by atoms with van der Waals surface area (Å²) in [6.45, 7) is 2.54. The number of halogens is 1. The number of H-pyrrole nitrogens is 1. The van der Waals surface area contributed by atoms with Gasteiger partial charge in [-0.05, 0) is 34.1 Å². The second kappa shape index (κ2) is 7.76. The number of rotatable bonds is 5. The van der Waals surface area contributed by atoms with Crippen molar-refractivity contribution in [3.8, 4) is 5.75 Å². The van der Waals surface area contributed by atoms with E-state index in [2.05, 4.69) is 35.8 Å². The average molecular weight is 446 g/mol. The molecule has 8 nitrogen and oxygen atoms in total. The van der Waals surface area contributed by atoms with Gasteiger partial charge in [-0.1, -0.05) is 0 Å². The van der Waals surface area contributed by atoms with Gasteiger partial charge in [0.05, 0.1) is 11.6 Å². The average Bonchev–Trinajstić information content (AvgIpc) is 3.12. The summed E-state index contributed by atoms with van der Waals surface area (Å²) >= 11 is 3.34. The molecule has 0 radical (unpaired) electrons. The molecule has 1 aromatic carbocycles. The van der Waals surface area contributed by atoms with Crippen molar-refractivity contribution in [3.05, 3.63) is 46.8 Å². The van der Waals surface area contributed by atoms with Crippen LogP contribution in [0.2, 0.25) is 0 Å². The summed E-state index contributed by atoms with van der Waals surface area (Å²) in [5.41, 5.74) is 1.64. The largest absolute Gasteiger partial charge is 0.497 e. The van der Waals surface area contributed by atoms with Crippen LogP contribution in [-0.4, -0.2) is 64.2 Å². The molecule has 0 saturated carbocycles. The first-order valence-electron chi connectivity index (χ1n) is 8.91. The number of benzene rings is 1. The molecule has 4 rings (SSSR count). The van der Waals surface area contributed by atoms with Crippen molar-refractivity contribution in [2.24, 2.45) is 0 Å². The zero-order valence-electron chi connectivity index (χ0n) is 15.3. The van der Waals surface area contributed by atoms with Crippen molar-refractivity contribution < 1.29 is 14.6 Å². The topological polar surface area (TPSA) is 94.6 Å². The lowest BCUT2D eigenvalue weighted by Gasteiger charge is -2.37. The predicted molar refractivity (Wildman–Crippen MR) is 109 cm³/mol. The van der Waals surface area contributed by atoms with Gasteiger partial charge in [-0.2, -0.15) is 0 Å². The maximum Gasteiger partial charge on any atom is 0.325 e. The second-order valence-corrected chi connectivity index (χ2v) is 7.54. The lowest BCUT2D eigenvalue weighted by molar-refractivity contribution is -0.143. The van der Waals surface area contributed by atoms with Crippen LogP contribution in [0.1, 0.15) is 11.6 Å². The van der Waals surface area contributed by atoms with E-state index in [4.69, 9.17) is 4.74 Å². The number of hydrogen-bond donors (Lipinski definition) is 2. The third kappa shape index (κ3) is 3.55. The Hall–Kier alpha value is -2.65. The third-order valence-corrected chi connectivity index (χ3v) is 5.43. The van der Waals surface area contributed by atoms with Gasteiger partial charge in [-0.25, -0.2) is 9.97 Å². The number of carbonyl (C=O) groups is 1. The predicted octanol–water partition coefficient (Wildman–Crippen LogP) is 2.68. The number of nitrogens with zero attached hydrogens (tertiary/aromatic N) is 4. The minimum atomic E-state index is -0.864. The molecule has 1 fully saturated rings. The van der Waals surface area contributed by atoms with Gasteiger partial charge in [0.15, 0.2) is 0 Å². The number of aromatic nitrogens is 3. The Balaban J connectivity index is 1.56. The van der Waals surface area contributed by atoms with Crippen LogP contribution in [0.25, 0.3) is 10.9 Å². The minimum Gasteiger partial charge on any atom is -0.497 e. The molecule has 2 aromatic heterocycles. The van der Waals surface area contributed by atoms with E-state index in [0.29, 0.717) is 37.9 Å². The first-order chi connectivity index (χ1) is 13.6. The summed E-state index contributed by atoms with van der Waals surface area (Å²) in [7, 11) is 1.60. The fourth-order valence-electron chi connectivity index (χ4n) is 3.61. The number of methoxy groups -OCH3 is 1. The SMILES string of the molecule is COc1ccc2[nH]cc([C@H](C(=O)O)N3CCN(c4ncc(Br)cn4)CC3)c2c1. The number of aliphatic carboxylic acids is 1. The molecule has 0 spiro atoms. The number of hydrogen-bond acceptors (Lipinski definition) is 6. The third-order valence-electron chi connectivity index (χ3n) is 5.02. The molecule has 1 saturated heterocycles. The molecule has 9 heteroatoms. The lowest BCUT2D eigenvalue weighted by atomic mass is 10.0. The summed E-state index contributed by atoms with van der Waals surface area (Å²) in [5, 5.41) is 10.8. The van der Waals surface area contributed by atoms with Gasteiger partial charge in [-0.3, -0.25) is 9.69 Å². The zero-order chi connectivity index (χ0) is 19.7. The van der Waals surface area contributed by atoms with Crippen LogP contribution < -0.4 is 9.64 Å². The standard InChI is InChI=1S/C19H20BrN5O3/c1-28-13-2-3-16-14(8-13)15(11-21-16)17(18(26)27)24-4-6-25(7-5-24)19-22-9-12(20)10-23-19/h2-3,8-11,17,21H,4-7H2,1H3,(H,26,27)/t17-/m1/s1. The Labute approximate surface area is 170 Å². The smallest absolute Gasteiger partial charge is 0.325 e. The fourth-order valence-corrected chi connectivity index (χ4v) is 3.81. The van der Waals surface area contributed by atoms with E-state index in [-0.39, 0.29) is 0 Å². The number of fused-ring (bicyclic) bond motifs is 1. The lowest BCUT2D eigenvalue weighted by Crippen LogP contribution is -2.49. The first kappa shape index (κ1) is 18.7. The number of carboxylic acids is 1. The molecule has 1 aliphatic rings. The van der Waals surface area contributed by atoms with E-state index in [1.165, 1.54) is 0 Å². The Kier molecular flexibility index (Phi) is 5.19. The summed E-state index contributed by atoms with van der Waals surface area (Å²) in [6.07, 6.45) is 5.22. The highest BCUT2D eigenvalue weighted by molar-refractivity contribution is 9.10. The van der Waals surface area contributed by atoms with Crippen LogP contribution in [0.15, 0.2) is 41.3 Å². The van der Waals surface area contributed by atoms with Gasteiger partial charge in [0.1, 0.15) is 11.8 Å². The van der Waals surface area contributed by atoms with E-state index < -0.39 is 12.0 Å². The molecule has 3 heterocycles. The number of aromatic amines is 1. The molecule has 1 atom stereocenters. The first-order valence-corrected chi connectivity index (χ1v) is 9.70. The molecular weight excluding hydrogens is 426 g/mol. The van der Waals surface area contributed by atoms with Crippen molar-refractivity contribution in [2.75, 3.05) is 38.2 Å². The van der Waals surface area contributed by atoms with Gasteiger partial charge < -0.3 is 19.7 Å². The van der Waals surface area contributed by atoms with Crippen LogP contribution in [0.5, 0.6) is 5.75 Å². The summed E-state index contributed by atoms with van der Waals surface area (Å²) < 4.78 is 6.13. The van der Waals surface area contributed by atoms with Gasteiger partial charge in [0.2, 0.25) is 5.95 Å². The minimum absolute atomic E-state index is 0.604. The number of piperazine rings is 1. The quantitative estimate of drug-likeness (QED) is 0.623. The number of ether oxygens (including phenoxy) is 1. The molecule has 0 unspecified atom stereocenters. The Bertz CT molecular complexity index is 983. The number of nitrogens with one attached hydrogen (secondary N) is 1. The van der Waals surface area contributed by atoms with Crippen molar-refractivity contribution in [3.63, 3.8) is 0 Å². The maximum absolute atomic E-state index is 12.2. The highest BCUT2D eigenvalue weighted by Gasteiger charge is 2.32. The summed E-state index contributed by atoms with van der Waals surface area (Å²) in [4.78, 5) is 28.0. The van der Waals surface area contributed by atoms with E-state index in [1.807, 2.05) is 23.1 Å². The molecular formula is C19H20BrN5O3. The van der Waals surface area contributed by atoms with Crippen LogP contribution in [0, 0.1) is 0 Å². The van der Waals surface area contributed by atoms with E-state index in [9.17, 15) is 9.90 Å². The number of anilines is 1. The van der Waals surface area contributed by atoms with Gasteiger partial charge >= 0.3 is 5.97 Å². The van der Waals surface area contributed by atoms with E-state index in [0.717, 1.165) is 20.9 Å². The highest BCUT2D eigenvalue weighted by Crippen LogP contribution is 2.32. The van der Waals surface area contributed by atoms with Crippen molar-refractivity contribution >= 4 is 38.8 Å². The van der Waals surface area contributed by atoms with Crippen molar-refractivity contribution in [1.82, 2.24) is 19.9 Å². The van der Waals surface area contributed by atoms with Crippen molar-refractivity contribution in [1.29, 1.82) is 0 Å². The highest BCUT2D eigenvalue weighted by atomic mass is 79.9. The maximum atomic E-state index is 12.2. The van der Waals surface area contributed by atoms with Crippen LogP contribution in [0.4, 0.5) is 5.95 Å². The molecule has 0 bridgehead atoms. The fraction of sp³-hybridized carbons (Fsp3) is 0.316. The van der Waals surface area contributed by atoms with Gasteiger partial charge in [0.25, 0.3) is 0 Å². The monoisotopic (exact) mass is 445 g/mol. The molecule has 0 aliphatic carbocycles. The van der Waals surface area contributed by atoms with Gasteiger partial charge in [-0.15, -0.1) is 0 Å². The molecule has 3 aromatic rings. The molecule has 28 heavy (non-hydrogen) atoms. The Morgan fingerprint density at radius 3 is 2.61 bits per heavy atom. The molecule has 0 amide bonds. The summed E-state index contributed by atoms with van der Waals surface area (Å²) in [5.74, 6) is 0.498. The van der Waals surface area contributed by atoms with E-state index in [1.54, 1.807) is 25.7 Å². The van der Waals surface area contributed by atoms with Crippen molar-refractivity contribution in [2.45, 2.75) is 6.04 Å². The summed E-state index contributed by atoms with van der Waals surface area (Å²) in [6, 6.07) is 4.91. The zero-order valence-corrected chi connectivity index (χ0v) is 16.9. The number of carboxylic acid groups (broad SMARTS) is 1.